The first-order chi connectivity index (χ1) is 7.60. The molecule has 2 rings (SSSR count). The standard InChI is InChI=1S/C12H15FN2O/c1-8-2-10(4-11(13)3-8)12(16)15-6-9(5-14)7-15/h2-4,9H,5-7,14H2,1H3. The minimum absolute atomic E-state index is 0.104. The van der Waals surface area contributed by atoms with Crippen LogP contribution in [0.15, 0.2) is 18.2 Å². The van der Waals surface area contributed by atoms with Crippen LogP contribution in [0.3, 0.4) is 0 Å². The maximum Gasteiger partial charge on any atom is 0.253 e. The molecule has 0 unspecified atom stereocenters. The Morgan fingerprint density at radius 2 is 2.19 bits per heavy atom. The Morgan fingerprint density at radius 1 is 1.50 bits per heavy atom. The number of halogens is 1. The van der Waals surface area contributed by atoms with Gasteiger partial charge in [-0.15, -0.1) is 0 Å². The van der Waals surface area contributed by atoms with Crippen LogP contribution in [-0.4, -0.2) is 30.4 Å². The summed E-state index contributed by atoms with van der Waals surface area (Å²) in [5, 5.41) is 0. The van der Waals surface area contributed by atoms with Crippen molar-refractivity contribution in [3.05, 3.63) is 35.1 Å². The van der Waals surface area contributed by atoms with Crippen LogP contribution in [0, 0.1) is 18.7 Å². The molecule has 1 fully saturated rings. The molecule has 0 atom stereocenters. The highest BCUT2D eigenvalue weighted by Gasteiger charge is 2.30. The lowest BCUT2D eigenvalue weighted by Gasteiger charge is -2.38. The molecule has 2 N–H and O–H groups in total. The van der Waals surface area contributed by atoms with Crippen LogP contribution in [0.4, 0.5) is 4.39 Å². The van der Waals surface area contributed by atoms with E-state index in [1.807, 2.05) is 0 Å². The second-order valence-electron chi connectivity index (χ2n) is 4.33. The first-order valence-corrected chi connectivity index (χ1v) is 5.36. The zero-order valence-electron chi connectivity index (χ0n) is 9.24. The molecule has 0 radical (unpaired) electrons. The smallest absolute Gasteiger partial charge is 0.253 e. The zero-order chi connectivity index (χ0) is 11.7. The van der Waals surface area contributed by atoms with Crippen LogP contribution in [0.1, 0.15) is 15.9 Å². The van der Waals surface area contributed by atoms with Gasteiger partial charge < -0.3 is 10.6 Å². The average Bonchev–Trinajstić information content (AvgIpc) is 2.14. The fourth-order valence-electron chi connectivity index (χ4n) is 1.93. The molecule has 1 amide bonds. The van der Waals surface area contributed by atoms with Gasteiger partial charge in [-0.3, -0.25) is 4.79 Å². The molecule has 1 heterocycles. The van der Waals surface area contributed by atoms with Gasteiger partial charge >= 0.3 is 0 Å². The number of carbonyl (C=O) groups is 1. The number of amides is 1. The molecule has 1 aliphatic rings. The van der Waals surface area contributed by atoms with E-state index in [1.54, 1.807) is 17.9 Å². The Bertz CT molecular complexity index is 393. The summed E-state index contributed by atoms with van der Waals surface area (Å²) in [4.78, 5) is 13.6. The second kappa shape index (κ2) is 4.22. The Kier molecular flexibility index (Phi) is 2.92. The number of benzene rings is 1. The molecule has 4 heteroatoms. The fourth-order valence-corrected chi connectivity index (χ4v) is 1.93. The molecular weight excluding hydrogens is 207 g/mol. The fraction of sp³-hybridized carbons (Fsp3) is 0.417. The maximum atomic E-state index is 13.1. The van der Waals surface area contributed by atoms with Gasteiger partial charge in [0.25, 0.3) is 5.91 Å². The molecular formula is C12H15FN2O. The van der Waals surface area contributed by atoms with Crippen molar-refractivity contribution in [2.75, 3.05) is 19.6 Å². The molecule has 0 spiro atoms. The van der Waals surface area contributed by atoms with E-state index in [0.717, 1.165) is 5.56 Å². The van der Waals surface area contributed by atoms with Crippen LogP contribution in [0.25, 0.3) is 0 Å². The normalized spacial score (nSPS) is 16.1. The SMILES string of the molecule is Cc1cc(F)cc(C(=O)N2CC(CN)C2)c1. The molecule has 0 aromatic heterocycles. The van der Waals surface area contributed by atoms with Crippen LogP contribution < -0.4 is 5.73 Å². The first-order valence-electron chi connectivity index (χ1n) is 5.36. The van der Waals surface area contributed by atoms with Crippen molar-refractivity contribution in [1.82, 2.24) is 4.90 Å². The second-order valence-corrected chi connectivity index (χ2v) is 4.33. The number of likely N-dealkylation sites (tertiary alicyclic amines) is 1. The number of rotatable bonds is 2. The van der Waals surface area contributed by atoms with Crippen molar-refractivity contribution in [2.45, 2.75) is 6.92 Å². The van der Waals surface area contributed by atoms with Crippen molar-refractivity contribution in [1.29, 1.82) is 0 Å². The largest absolute Gasteiger partial charge is 0.338 e. The Hall–Kier alpha value is -1.42. The van der Waals surface area contributed by atoms with Gasteiger partial charge in [-0.1, -0.05) is 0 Å². The highest BCUT2D eigenvalue weighted by atomic mass is 19.1. The van der Waals surface area contributed by atoms with Crippen LogP contribution >= 0.6 is 0 Å². The third kappa shape index (κ3) is 2.07. The van der Waals surface area contributed by atoms with Gasteiger partial charge in [0.2, 0.25) is 0 Å². The summed E-state index contributed by atoms with van der Waals surface area (Å²) in [5.74, 6) is -0.0647. The minimum Gasteiger partial charge on any atom is -0.338 e. The van der Waals surface area contributed by atoms with E-state index >= 15 is 0 Å². The third-order valence-electron chi connectivity index (χ3n) is 2.87. The van der Waals surface area contributed by atoms with Crippen LogP contribution in [0.5, 0.6) is 0 Å². The number of hydrogen-bond acceptors (Lipinski definition) is 2. The molecule has 1 aromatic carbocycles. The van der Waals surface area contributed by atoms with Gasteiger partial charge in [0.05, 0.1) is 0 Å². The number of hydrogen-bond donors (Lipinski definition) is 1. The lowest BCUT2D eigenvalue weighted by Crippen LogP contribution is -2.52. The highest BCUT2D eigenvalue weighted by molar-refractivity contribution is 5.94. The summed E-state index contributed by atoms with van der Waals surface area (Å²) >= 11 is 0. The van der Waals surface area contributed by atoms with Crippen molar-refractivity contribution in [3.63, 3.8) is 0 Å². The Balaban J connectivity index is 2.10. The number of nitrogens with zero attached hydrogens (tertiary/aromatic N) is 1. The van der Waals surface area contributed by atoms with Gasteiger partial charge in [-0.05, 0) is 37.2 Å². The number of aryl methyl sites for hydroxylation is 1. The number of nitrogens with two attached hydrogens (primary N) is 1. The molecule has 1 aliphatic heterocycles. The average molecular weight is 222 g/mol. The van der Waals surface area contributed by atoms with E-state index in [4.69, 9.17) is 5.73 Å². The van der Waals surface area contributed by atoms with E-state index in [0.29, 0.717) is 31.1 Å². The molecule has 16 heavy (non-hydrogen) atoms. The summed E-state index contributed by atoms with van der Waals surface area (Å²) < 4.78 is 13.1. The Labute approximate surface area is 94.0 Å². The predicted octanol–water partition coefficient (Wildman–Crippen LogP) is 1.16. The maximum absolute atomic E-state index is 13.1. The molecule has 1 saturated heterocycles. The van der Waals surface area contributed by atoms with Gasteiger partial charge in [-0.2, -0.15) is 0 Å². The molecule has 0 aliphatic carbocycles. The summed E-state index contributed by atoms with van der Waals surface area (Å²) in [6.45, 7) is 3.75. The topological polar surface area (TPSA) is 46.3 Å². The molecule has 0 bridgehead atoms. The lowest BCUT2D eigenvalue weighted by atomic mass is 9.99. The van der Waals surface area contributed by atoms with E-state index < -0.39 is 0 Å². The summed E-state index contributed by atoms with van der Waals surface area (Å²) in [7, 11) is 0. The third-order valence-corrected chi connectivity index (χ3v) is 2.87. The van der Waals surface area contributed by atoms with Crippen LogP contribution in [0.2, 0.25) is 0 Å². The monoisotopic (exact) mass is 222 g/mol. The van der Waals surface area contributed by atoms with Crippen molar-refractivity contribution in [3.8, 4) is 0 Å². The van der Waals surface area contributed by atoms with E-state index in [9.17, 15) is 9.18 Å². The van der Waals surface area contributed by atoms with Crippen molar-refractivity contribution in [2.24, 2.45) is 11.7 Å². The Morgan fingerprint density at radius 3 is 2.75 bits per heavy atom. The van der Waals surface area contributed by atoms with Crippen molar-refractivity contribution < 1.29 is 9.18 Å². The molecule has 86 valence electrons. The van der Waals surface area contributed by atoms with Gasteiger partial charge in [0.1, 0.15) is 5.82 Å². The highest BCUT2D eigenvalue weighted by Crippen LogP contribution is 2.18. The first kappa shape index (κ1) is 11.1. The zero-order valence-corrected chi connectivity index (χ0v) is 9.24. The summed E-state index contributed by atoms with van der Waals surface area (Å²) in [6, 6.07) is 4.40. The predicted molar refractivity (Wildman–Crippen MR) is 59.6 cm³/mol. The molecule has 1 aromatic rings. The van der Waals surface area contributed by atoms with E-state index in [2.05, 4.69) is 0 Å². The summed E-state index contributed by atoms with van der Waals surface area (Å²) in [5.41, 5.74) is 6.67. The van der Waals surface area contributed by atoms with Gasteiger partial charge in [0.15, 0.2) is 0 Å². The van der Waals surface area contributed by atoms with E-state index in [1.165, 1.54) is 12.1 Å². The van der Waals surface area contributed by atoms with Crippen molar-refractivity contribution >= 4 is 5.91 Å². The summed E-state index contributed by atoms with van der Waals surface area (Å²) in [6.07, 6.45) is 0. The van der Waals surface area contributed by atoms with Gasteiger partial charge in [-0.25, -0.2) is 4.39 Å². The van der Waals surface area contributed by atoms with Crippen LogP contribution in [-0.2, 0) is 0 Å². The quantitative estimate of drug-likeness (QED) is 0.816. The lowest BCUT2D eigenvalue weighted by molar-refractivity contribution is 0.0515. The van der Waals surface area contributed by atoms with Gasteiger partial charge in [0, 0.05) is 24.6 Å². The molecule has 3 nitrogen and oxygen atoms in total. The molecule has 0 saturated carbocycles. The minimum atomic E-state index is -0.362. The number of carbonyl (C=O) groups excluding carboxylic acids is 1. The van der Waals surface area contributed by atoms with E-state index in [-0.39, 0.29) is 11.7 Å².